The van der Waals surface area contributed by atoms with Gasteiger partial charge in [-0.2, -0.15) is 0 Å². The monoisotopic (exact) mass is 331 g/mol. The number of hydrogen-bond acceptors (Lipinski definition) is 4. The molecule has 1 atom stereocenters. The summed E-state index contributed by atoms with van der Waals surface area (Å²) in [6.45, 7) is 8.31. The SMILES string of the molecule is CCCCC=CC(=O)NC(O)C(=O)O.CCCCOCCCC. The van der Waals surface area contributed by atoms with Gasteiger partial charge in [-0.05, 0) is 25.3 Å². The summed E-state index contributed by atoms with van der Waals surface area (Å²) in [5, 5.41) is 18.9. The third-order valence-electron chi connectivity index (χ3n) is 2.79. The molecule has 23 heavy (non-hydrogen) atoms. The molecule has 0 aromatic carbocycles. The second kappa shape index (κ2) is 18.6. The fourth-order valence-corrected chi connectivity index (χ4v) is 1.35. The van der Waals surface area contributed by atoms with Crippen LogP contribution in [0.2, 0.25) is 0 Å². The normalized spacial score (nSPS) is 11.7. The molecular formula is C17H33NO5. The molecule has 0 aromatic rings. The van der Waals surface area contributed by atoms with Crippen molar-refractivity contribution < 1.29 is 24.5 Å². The van der Waals surface area contributed by atoms with Gasteiger partial charge in [0.25, 0.3) is 0 Å². The summed E-state index contributed by atoms with van der Waals surface area (Å²) >= 11 is 0. The molecule has 0 rings (SSSR count). The van der Waals surface area contributed by atoms with Gasteiger partial charge in [-0.3, -0.25) is 4.79 Å². The Morgan fingerprint density at radius 3 is 2.00 bits per heavy atom. The number of rotatable bonds is 12. The molecule has 1 amide bonds. The minimum atomic E-state index is -1.83. The van der Waals surface area contributed by atoms with E-state index in [1.165, 1.54) is 31.8 Å². The van der Waals surface area contributed by atoms with Gasteiger partial charge < -0.3 is 20.3 Å². The molecule has 0 fully saturated rings. The maximum absolute atomic E-state index is 10.9. The van der Waals surface area contributed by atoms with Gasteiger partial charge in [0.15, 0.2) is 0 Å². The highest BCUT2D eigenvalue weighted by molar-refractivity contribution is 5.90. The van der Waals surface area contributed by atoms with Gasteiger partial charge >= 0.3 is 5.97 Å². The van der Waals surface area contributed by atoms with Crippen LogP contribution in [0.15, 0.2) is 12.2 Å². The summed E-state index contributed by atoms with van der Waals surface area (Å²) in [5.74, 6) is -2.07. The molecule has 136 valence electrons. The van der Waals surface area contributed by atoms with E-state index in [2.05, 4.69) is 13.8 Å². The molecule has 0 heterocycles. The summed E-state index contributed by atoms with van der Waals surface area (Å²) in [5.41, 5.74) is 0. The van der Waals surface area contributed by atoms with E-state index in [4.69, 9.17) is 14.9 Å². The zero-order valence-electron chi connectivity index (χ0n) is 14.7. The topological polar surface area (TPSA) is 95.9 Å². The van der Waals surface area contributed by atoms with Crippen molar-refractivity contribution in [1.29, 1.82) is 0 Å². The minimum Gasteiger partial charge on any atom is -0.478 e. The average molecular weight is 331 g/mol. The van der Waals surface area contributed by atoms with Crippen molar-refractivity contribution in [2.24, 2.45) is 0 Å². The molecule has 0 saturated carbocycles. The quantitative estimate of drug-likeness (QED) is 0.290. The Kier molecular flexibility index (Phi) is 19.3. The standard InChI is InChI=1S/C9H15NO4.C8H18O/c1-2-3-4-5-6-7(11)10-8(12)9(13)14;1-3-5-7-9-8-6-4-2/h5-6,8,12H,2-4H2,1H3,(H,10,11)(H,13,14);3-8H2,1-2H3. The third kappa shape index (κ3) is 20.6. The number of carbonyl (C=O) groups is 2. The number of unbranched alkanes of at least 4 members (excludes halogenated alkanes) is 4. The highest BCUT2D eigenvalue weighted by Crippen LogP contribution is 1.94. The van der Waals surface area contributed by atoms with Gasteiger partial charge in [-0.25, -0.2) is 4.79 Å². The van der Waals surface area contributed by atoms with E-state index in [-0.39, 0.29) is 0 Å². The lowest BCUT2D eigenvalue weighted by Gasteiger charge is -2.04. The third-order valence-corrected chi connectivity index (χ3v) is 2.79. The molecule has 0 aliphatic heterocycles. The average Bonchev–Trinajstić information content (AvgIpc) is 2.52. The number of ether oxygens (including phenoxy) is 1. The van der Waals surface area contributed by atoms with Crippen LogP contribution in [0.5, 0.6) is 0 Å². The summed E-state index contributed by atoms with van der Waals surface area (Å²) < 4.78 is 5.31. The maximum Gasteiger partial charge on any atom is 0.353 e. The van der Waals surface area contributed by atoms with Gasteiger partial charge in [0.05, 0.1) is 0 Å². The first-order valence-electron chi connectivity index (χ1n) is 8.45. The predicted octanol–water partition coefficient (Wildman–Crippen LogP) is 2.86. The van der Waals surface area contributed by atoms with Crippen LogP contribution >= 0.6 is 0 Å². The number of carboxylic acid groups (broad SMARTS) is 1. The zero-order valence-corrected chi connectivity index (χ0v) is 14.7. The van der Waals surface area contributed by atoms with Crippen LogP contribution in [0.25, 0.3) is 0 Å². The highest BCUT2D eigenvalue weighted by atomic mass is 16.5. The Hall–Kier alpha value is -1.40. The molecule has 0 aliphatic rings. The maximum atomic E-state index is 10.9. The van der Waals surface area contributed by atoms with Crippen LogP contribution in [0, 0.1) is 0 Å². The fourth-order valence-electron chi connectivity index (χ4n) is 1.35. The van der Waals surface area contributed by atoms with E-state index in [1.807, 2.05) is 12.2 Å². The number of carbonyl (C=O) groups excluding carboxylic acids is 1. The fraction of sp³-hybridized carbons (Fsp3) is 0.765. The Labute approximate surface area is 139 Å². The summed E-state index contributed by atoms with van der Waals surface area (Å²) in [6.07, 6.45) is 8.72. The van der Waals surface area contributed by atoms with E-state index in [0.29, 0.717) is 0 Å². The van der Waals surface area contributed by atoms with E-state index in [1.54, 1.807) is 6.08 Å². The summed E-state index contributed by atoms with van der Waals surface area (Å²) in [4.78, 5) is 21.0. The second-order valence-electron chi connectivity index (χ2n) is 5.11. The summed E-state index contributed by atoms with van der Waals surface area (Å²) in [7, 11) is 0. The molecule has 6 nitrogen and oxygen atoms in total. The van der Waals surface area contributed by atoms with Gasteiger partial charge in [0, 0.05) is 13.2 Å². The lowest BCUT2D eigenvalue weighted by Crippen LogP contribution is -2.39. The Morgan fingerprint density at radius 1 is 1.04 bits per heavy atom. The van der Waals surface area contributed by atoms with Crippen molar-refractivity contribution in [3.63, 3.8) is 0 Å². The first-order valence-corrected chi connectivity index (χ1v) is 8.45. The van der Waals surface area contributed by atoms with Crippen LogP contribution in [-0.2, 0) is 14.3 Å². The van der Waals surface area contributed by atoms with E-state index < -0.39 is 18.1 Å². The lowest BCUT2D eigenvalue weighted by molar-refractivity contribution is -0.150. The van der Waals surface area contributed by atoms with Crippen molar-refractivity contribution in [2.45, 2.75) is 71.9 Å². The number of nitrogens with one attached hydrogen (secondary N) is 1. The van der Waals surface area contributed by atoms with Crippen LogP contribution < -0.4 is 5.32 Å². The molecular weight excluding hydrogens is 298 g/mol. The van der Waals surface area contributed by atoms with E-state index in [0.717, 1.165) is 32.5 Å². The first kappa shape index (κ1) is 23.9. The summed E-state index contributed by atoms with van der Waals surface area (Å²) in [6, 6.07) is 0. The minimum absolute atomic E-state index is 0.601. The molecule has 0 radical (unpaired) electrons. The Morgan fingerprint density at radius 2 is 1.57 bits per heavy atom. The molecule has 0 aliphatic carbocycles. The largest absolute Gasteiger partial charge is 0.478 e. The zero-order chi connectivity index (χ0) is 17.9. The number of aliphatic carboxylic acids is 1. The number of carboxylic acids is 1. The highest BCUT2D eigenvalue weighted by Gasteiger charge is 2.13. The molecule has 0 spiro atoms. The van der Waals surface area contributed by atoms with Crippen molar-refractivity contribution in [3.8, 4) is 0 Å². The predicted molar refractivity (Wildman–Crippen MR) is 91.1 cm³/mol. The van der Waals surface area contributed by atoms with Gasteiger partial charge in [-0.15, -0.1) is 0 Å². The number of aliphatic hydroxyl groups excluding tert-OH is 1. The van der Waals surface area contributed by atoms with Crippen LogP contribution in [0.1, 0.15) is 65.7 Å². The van der Waals surface area contributed by atoms with Crippen molar-refractivity contribution in [3.05, 3.63) is 12.2 Å². The molecule has 6 heteroatoms. The smallest absolute Gasteiger partial charge is 0.353 e. The van der Waals surface area contributed by atoms with Crippen molar-refractivity contribution in [2.75, 3.05) is 13.2 Å². The van der Waals surface area contributed by atoms with Crippen LogP contribution in [0.3, 0.4) is 0 Å². The number of amides is 1. The number of hydrogen-bond donors (Lipinski definition) is 3. The van der Waals surface area contributed by atoms with Crippen molar-refractivity contribution >= 4 is 11.9 Å². The second-order valence-corrected chi connectivity index (χ2v) is 5.11. The van der Waals surface area contributed by atoms with E-state index in [9.17, 15) is 9.59 Å². The first-order chi connectivity index (χ1) is 11.0. The van der Waals surface area contributed by atoms with Crippen LogP contribution in [0.4, 0.5) is 0 Å². The van der Waals surface area contributed by atoms with Gasteiger partial charge in [-0.1, -0.05) is 52.5 Å². The molecule has 0 aromatic heterocycles. The molecule has 0 saturated heterocycles. The van der Waals surface area contributed by atoms with Crippen molar-refractivity contribution in [1.82, 2.24) is 5.32 Å². The van der Waals surface area contributed by atoms with Crippen LogP contribution in [-0.4, -0.2) is 41.5 Å². The number of aliphatic hydroxyl groups is 1. The van der Waals surface area contributed by atoms with E-state index >= 15 is 0 Å². The Bertz CT molecular complexity index is 312. The number of allylic oxidation sites excluding steroid dienone is 1. The Balaban J connectivity index is 0. The molecule has 0 bridgehead atoms. The van der Waals surface area contributed by atoms with Gasteiger partial charge in [0.1, 0.15) is 0 Å². The lowest BCUT2D eigenvalue weighted by atomic mass is 10.2. The van der Waals surface area contributed by atoms with Gasteiger partial charge in [0.2, 0.25) is 12.1 Å². The molecule has 3 N–H and O–H groups in total. The molecule has 1 unspecified atom stereocenters.